The number of rotatable bonds is 4. The molecule has 28 heavy (non-hydrogen) atoms. The van der Waals surface area contributed by atoms with Crippen LogP contribution in [0.3, 0.4) is 0 Å². The third kappa shape index (κ3) is 3.71. The van der Waals surface area contributed by atoms with Gasteiger partial charge in [-0.25, -0.2) is 4.39 Å². The summed E-state index contributed by atoms with van der Waals surface area (Å²) >= 11 is 12.6. The van der Waals surface area contributed by atoms with Crippen LogP contribution in [0.5, 0.6) is 5.75 Å². The van der Waals surface area contributed by atoms with Gasteiger partial charge in [0.2, 0.25) is 0 Å². The van der Waals surface area contributed by atoms with Crippen molar-refractivity contribution >= 4 is 34.6 Å². The molecule has 6 heteroatoms. The predicted octanol–water partition coefficient (Wildman–Crippen LogP) is 6.50. The zero-order valence-electron chi connectivity index (χ0n) is 15.1. The first-order valence-corrected chi connectivity index (χ1v) is 9.52. The number of hydrazone groups is 1. The fourth-order valence-electron chi connectivity index (χ4n) is 3.30. The Morgan fingerprint density at radius 3 is 2.39 bits per heavy atom. The predicted molar refractivity (Wildman–Crippen MR) is 112 cm³/mol. The number of anilines is 1. The first kappa shape index (κ1) is 18.8. The molecule has 0 aliphatic carbocycles. The van der Waals surface area contributed by atoms with E-state index in [4.69, 9.17) is 33.0 Å². The summed E-state index contributed by atoms with van der Waals surface area (Å²) in [6.45, 7) is 0. The Morgan fingerprint density at radius 2 is 1.71 bits per heavy atom. The van der Waals surface area contributed by atoms with E-state index in [9.17, 15) is 4.39 Å². The maximum absolute atomic E-state index is 13.4. The summed E-state index contributed by atoms with van der Waals surface area (Å²) in [6.07, 6.45) is 0.654. The van der Waals surface area contributed by atoms with Crippen molar-refractivity contribution < 1.29 is 9.13 Å². The summed E-state index contributed by atoms with van der Waals surface area (Å²) in [7, 11) is 1.63. The number of benzene rings is 3. The molecule has 4 rings (SSSR count). The molecular formula is C22H17Cl2FN2O. The van der Waals surface area contributed by atoms with Crippen molar-refractivity contribution in [2.45, 2.75) is 12.5 Å². The molecule has 0 bridgehead atoms. The highest BCUT2D eigenvalue weighted by atomic mass is 35.5. The first-order chi connectivity index (χ1) is 13.5. The van der Waals surface area contributed by atoms with Crippen molar-refractivity contribution in [2.75, 3.05) is 12.1 Å². The molecule has 0 N–H and O–H groups in total. The minimum Gasteiger partial charge on any atom is -0.497 e. The molecule has 0 fully saturated rings. The Balaban J connectivity index is 1.77. The maximum atomic E-state index is 13.4. The lowest BCUT2D eigenvalue weighted by Crippen LogP contribution is -2.19. The molecule has 0 saturated carbocycles. The third-order valence-corrected chi connectivity index (χ3v) is 5.30. The second kappa shape index (κ2) is 7.82. The zero-order valence-corrected chi connectivity index (χ0v) is 16.6. The lowest BCUT2D eigenvalue weighted by molar-refractivity contribution is 0.415. The smallest absolute Gasteiger partial charge is 0.123 e. The fraction of sp³-hybridized carbons (Fsp3) is 0.136. The van der Waals surface area contributed by atoms with Crippen LogP contribution >= 0.6 is 23.2 Å². The van der Waals surface area contributed by atoms with Gasteiger partial charge in [-0.2, -0.15) is 5.10 Å². The summed E-state index contributed by atoms with van der Waals surface area (Å²) in [5.74, 6) is 0.512. The molecule has 1 atom stereocenters. The second-order valence-electron chi connectivity index (χ2n) is 6.49. The van der Waals surface area contributed by atoms with E-state index in [0.29, 0.717) is 22.2 Å². The van der Waals surface area contributed by atoms with Crippen LogP contribution in [0, 0.1) is 5.82 Å². The Morgan fingerprint density at radius 1 is 1.00 bits per heavy atom. The van der Waals surface area contributed by atoms with Crippen molar-refractivity contribution in [3.8, 4) is 5.75 Å². The summed E-state index contributed by atoms with van der Waals surface area (Å²) in [4.78, 5) is 0. The van der Waals surface area contributed by atoms with Gasteiger partial charge in [-0.1, -0.05) is 35.3 Å². The van der Waals surface area contributed by atoms with E-state index in [0.717, 1.165) is 22.6 Å². The standard InChI is InChI=1S/C22H17Cl2FN2O/c1-28-18-9-4-14(5-10-18)20-13-21(15-2-7-17(25)8-3-15)27(26-20)22-12-16(23)6-11-19(22)24/h2-12,21H,13H2,1H3/t21-/m0/s1. The number of methoxy groups -OCH3 is 1. The third-order valence-electron chi connectivity index (χ3n) is 4.74. The number of hydrogen-bond donors (Lipinski definition) is 0. The monoisotopic (exact) mass is 414 g/mol. The van der Waals surface area contributed by atoms with E-state index >= 15 is 0 Å². The normalized spacial score (nSPS) is 16.2. The van der Waals surface area contributed by atoms with Gasteiger partial charge in [-0.15, -0.1) is 0 Å². The van der Waals surface area contributed by atoms with Gasteiger partial charge in [0.15, 0.2) is 0 Å². The van der Waals surface area contributed by atoms with Crippen LogP contribution in [-0.4, -0.2) is 12.8 Å². The second-order valence-corrected chi connectivity index (χ2v) is 7.33. The SMILES string of the molecule is COc1ccc(C2=NN(c3cc(Cl)ccc3Cl)[C@H](c3ccc(F)cc3)C2)cc1. The lowest BCUT2D eigenvalue weighted by atomic mass is 9.98. The minimum atomic E-state index is -0.273. The van der Waals surface area contributed by atoms with Crippen LogP contribution < -0.4 is 9.75 Å². The molecule has 3 aromatic carbocycles. The summed E-state index contributed by atoms with van der Waals surface area (Å²) in [6, 6.07) is 19.4. The van der Waals surface area contributed by atoms with Crippen LogP contribution in [0.4, 0.5) is 10.1 Å². The quantitative estimate of drug-likeness (QED) is 0.486. The van der Waals surface area contributed by atoms with Gasteiger partial charge in [0.25, 0.3) is 0 Å². The van der Waals surface area contributed by atoms with Crippen molar-refractivity contribution in [1.82, 2.24) is 0 Å². The molecular weight excluding hydrogens is 398 g/mol. The van der Waals surface area contributed by atoms with E-state index in [1.807, 2.05) is 29.3 Å². The Hall–Kier alpha value is -2.56. The van der Waals surface area contributed by atoms with E-state index < -0.39 is 0 Å². The molecule has 0 saturated heterocycles. The average molecular weight is 415 g/mol. The number of hydrogen-bond acceptors (Lipinski definition) is 3. The van der Waals surface area contributed by atoms with Crippen LogP contribution in [0.1, 0.15) is 23.6 Å². The number of halogens is 3. The molecule has 142 valence electrons. The molecule has 0 radical (unpaired) electrons. The van der Waals surface area contributed by atoms with Gasteiger partial charge in [0.1, 0.15) is 11.6 Å². The van der Waals surface area contributed by atoms with Crippen LogP contribution in [0.25, 0.3) is 0 Å². The summed E-state index contributed by atoms with van der Waals surface area (Å²) in [5.41, 5.74) is 3.57. The number of ether oxygens (including phenoxy) is 1. The van der Waals surface area contributed by atoms with Gasteiger partial charge in [-0.3, -0.25) is 5.01 Å². The Labute approximate surface area is 173 Å². The zero-order chi connectivity index (χ0) is 19.7. The van der Waals surface area contributed by atoms with E-state index in [2.05, 4.69) is 0 Å². The highest BCUT2D eigenvalue weighted by molar-refractivity contribution is 6.35. The summed E-state index contributed by atoms with van der Waals surface area (Å²) in [5, 5.41) is 7.83. The van der Waals surface area contributed by atoms with E-state index in [-0.39, 0.29) is 11.9 Å². The molecule has 1 heterocycles. The van der Waals surface area contributed by atoms with Crippen molar-refractivity contribution in [3.63, 3.8) is 0 Å². The molecule has 0 amide bonds. The van der Waals surface area contributed by atoms with Gasteiger partial charge in [0, 0.05) is 11.4 Å². The Kier molecular flexibility index (Phi) is 5.25. The molecule has 0 spiro atoms. The van der Waals surface area contributed by atoms with Gasteiger partial charge < -0.3 is 4.74 Å². The van der Waals surface area contributed by atoms with Gasteiger partial charge >= 0.3 is 0 Å². The first-order valence-electron chi connectivity index (χ1n) is 8.77. The molecule has 1 aliphatic rings. The van der Waals surface area contributed by atoms with Crippen LogP contribution in [0.15, 0.2) is 71.8 Å². The summed E-state index contributed by atoms with van der Waals surface area (Å²) < 4.78 is 18.7. The molecule has 3 nitrogen and oxygen atoms in total. The van der Waals surface area contributed by atoms with Crippen molar-refractivity contribution in [2.24, 2.45) is 5.10 Å². The maximum Gasteiger partial charge on any atom is 0.123 e. The van der Waals surface area contributed by atoms with E-state index in [1.165, 1.54) is 12.1 Å². The van der Waals surface area contributed by atoms with Crippen LogP contribution in [0.2, 0.25) is 10.0 Å². The lowest BCUT2D eigenvalue weighted by Gasteiger charge is -2.25. The molecule has 0 aromatic heterocycles. The fourth-order valence-corrected chi connectivity index (χ4v) is 3.67. The highest BCUT2D eigenvalue weighted by Gasteiger charge is 2.31. The number of nitrogens with zero attached hydrogens (tertiary/aromatic N) is 2. The van der Waals surface area contributed by atoms with Gasteiger partial charge in [0.05, 0.1) is 29.6 Å². The molecule has 0 unspecified atom stereocenters. The topological polar surface area (TPSA) is 24.8 Å². The average Bonchev–Trinajstić information content (AvgIpc) is 3.15. The largest absolute Gasteiger partial charge is 0.497 e. The van der Waals surface area contributed by atoms with Crippen molar-refractivity contribution in [3.05, 3.63) is 93.7 Å². The Bertz CT molecular complexity index is 1020. The minimum absolute atomic E-state index is 0.117. The highest BCUT2D eigenvalue weighted by Crippen LogP contribution is 2.40. The molecule has 3 aromatic rings. The van der Waals surface area contributed by atoms with Crippen LogP contribution in [-0.2, 0) is 0 Å². The van der Waals surface area contributed by atoms with E-state index in [1.54, 1.807) is 37.4 Å². The molecule has 1 aliphatic heterocycles. The van der Waals surface area contributed by atoms with Gasteiger partial charge in [-0.05, 0) is 65.7 Å². The van der Waals surface area contributed by atoms with Crippen molar-refractivity contribution in [1.29, 1.82) is 0 Å².